The molecule has 4 rings (SSSR count). The number of hydrogen-bond donors (Lipinski definition) is 2. The maximum Gasteiger partial charge on any atom is 0.339 e. The Kier molecular flexibility index (Phi) is 6.02. The van der Waals surface area contributed by atoms with Crippen molar-refractivity contribution in [2.45, 2.75) is 32.7 Å². The number of rotatable bonds is 5. The van der Waals surface area contributed by atoms with Gasteiger partial charge in [0.25, 0.3) is 5.91 Å². The fourth-order valence-electron chi connectivity index (χ4n) is 3.72. The molecule has 2 N–H and O–H groups in total. The second-order valence-corrected chi connectivity index (χ2v) is 7.77. The average molecular weight is 433 g/mol. The molecule has 0 aliphatic heterocycles. The number of pyridine rings is 1. The molecule has 8 heteroatoms. The van der Waals surface area contributed by atoms with Crippen molar-refractivity contribution in [1.29, 1.82) is 0 Å². The molecule has 0 saturated carbocycles. The molecule has 32 heavy (non-hydrogen) atoms. The highest BCUT2D eigenvalue weighted by molar-refractivity contribution is 6.07. The number of fused-ring (bicyclic) bond motifs is 2. The number of allylic oxidation sites excluding steroid dienone is 1. The van der Waals surface area contributed by atoms with Crippen LogP contribution in [-0.2, 0) is 16.0 Å². The van der Waals surface area contributed by atoms with E-state index in [1.165, 1.54) is 0 Å². The Bertz CT molecular complexity index is 1210. The molecule has 2 aromatic heterocycles. The number of hydrogen-bond acceptors (Lipinski definition) is 6. The largest absolute Gasteiger partial charge is 0.465 e. The number of furan rings is 1. The van der Waals surface area contributed by atoms with Crippen LogP contribution in [-0.4, -0.2) is 35.5 Å². The van der Waals surface area contributed by atoms with Crippen molar-refractivity contribution in [3.05, 3.63) is 65.2 Å². The minimum absolute atomic E-state index is 0.125. The Hall–Kier alpha value is -3.94. The van der Waals surface area contributed by atoms with Crippen molar-refractivity contribution in [2.75, 3.05) is 6.61 Å². The Morgan fingerprint density at radius 2 is 1.97 bits per heavy atom. The first-order valence-electron chi connectivity index (χ1n) is 10.4. The lowest BCUT2D eigenvalue weighted by molar-refractivity contribution is -0.123. The Labute approximate surface area is 184 Å². The van der Waals surface area contributed by atoms with Gasteiger partial charge in [0.15, 0.2) is 6.61 Å². The molecule has 3 aromatic rings. The van der Waals surface area contributed by atoms with Gasteiger partial charge in [0.1, 0.15) is 5.76 Å². The molecule has 0 fully saturated rings. The Morgan fingerprint density at radius 3 is 2.72 bits per heavy atom. The summed E-state index contributed by atoms with van der Waals surface area (Å²) >= 11 is 0. The summed E-state index contributed by atoms with van der Waals surface area (Å²) in [5.41, 5.74) is 3.54. The van der Waals surface area contributed by atoms with E-state index in [9.17, 15) is 14.4 Å². The van der Waals surface area contributed by atoms with Crippen LogP contribution in [0, 0.1) is 0 Å². The number of imide groups is 1. The zero-order chi connectivity index (χ0) is 22.7. The molecular weight excluding hydrogens is 410 g/mol. The van der Waals surface area contributed by atoms with E-state index < -0.39 is 24.5 Å². The highest BCUT2D eigenvalue weighted by Crippen LogP contribution is 2.37. The highest BCUT2D eigenvalue weighted by Gasteiger charge is 2.28. The van der Waals surface area contributed by atoms with E-state index in [4.69, 9.17) is 14.1 Å². The van der Waals surface area contributed by atoms with Crippen molar-refractivity contribution >= 4 is 40.5 Å². The number of para-hydroxylation sites is 1. The summed E-state index contributed by atoms with van der Waals surface area (Å²) in [6, 6.07) is 10.2. The first kappa shape index (κ1) is 21.3. The van der Waals surface area contributed by atoms with Crippen molar-refractivity contribution in [1.82, 2.24) is 15.6 Å². The van der Waals surface area contributed by atoms with Gasteiger partial charge in [-0.2, -0.15) is 0 Å². The normalized spacial score (nSPS) is 13.9. The maximum atomic E-state index is 13.0. The van der Waals surface area contributed by atoms with Crippen LogP contribution in [0.4, 0.5) is 4.79 Å². The van der Waals surface area contributed by atoms with Crippen LogP contribution in [0.5, 0.6) is 0 Å². The number of benzene rings is 1. The minimum atomic E-state index is -0.704. The second kappa shape index (κ2) is 9.05. The first-order chi connectivity index (χ1) is 15.4. The standard InChI is InChI=1S/C24H23N3O5/c1-14(2)25-24(30)27-20(28)13-32-23(29)21-17-7-3-4-8-19(17)26-22-15(9-10-18(21)22)12-16-6-5-11-31-16/h3-8,11-12,14H,9-10,13H2,1-2H3,(H2,25,27,28,30). The van der Waals surface area contributed by atoms with E-state index in [1.807, 2.05) is 42.5 Å². The maximum absolute atomic E-state index is 13.0. The van der Waals surface area contributed by atoms with Crippen LogP contribution in [0.15, 0.2) is 47.1 Å². The molecule has 2 heterocycles. The van der Waals surface area contributed by atoms with E-state index in [1.54, 1.807) is 20.1 Å². The molecule has 0 radical (unpaired) electrons. The molecular formula is C24H23N3O5. The number of amides is 3. The van der Waals surface area contributed by atoms with Gasteiger partial charge in [0, 0.05) is 11.4 Å². The molecule has 1 aromatic carbocycles. The summed E-state index contributed by atoms with van der Waals surface area (Å²) in [5.74, 6) is -0.619. The Morgan fingerprint density at radius 1 is 1.16 bits per heavy atom. The van der Waals surface area contributed by atoms with E-state index in [2.05, 4.69) is 10.6 Å². The lowest BCUT2D eigenvalue weighted by Gasteiger charge is -2.13. The van der Waals surface area contributed by atoms with Crippen molar-refractivity contribution in [3.8, 4) is 0 Å². The van der Waals surface area contributed by atoms with Crippen LogP contribution >= 0.6 is 0 Å². The summed E-state index contributed by atoms with van der Waals surface area (Å²) in [6.07, 6.45) is 4.84. The fourth-order valence-corrected chi connectivity index (χ4v) is 3.72. The third kappa shape index (κ3) is 4.54. The first-order valence-corrected chi connectivity index (χ1v) is 10.4. The molecule has 3 amide bonds. The van der Waals surface area contributed by atoms with Crippen molar-refractivity contribution in [2.24, 2.45) is 0 Å². The summed E-state index contributed by atoms with van der Waals surface area (Å²) in [5, 5.41) is 5.34. The van der Waals surface area contributed by atoms with Gasteiger partial charge in [-0.25, -0.2) is 14.6 Å². The van der Waals surface area contributed by atoms with Gasteiger partial charge < -0.3 is 14.5 Å². The van der Waals surface area contributed by atoms with Crippen LogP contribution < -0.4 is 10.6 Å². The molecule has 1 aliphatic carbocycles. The fraction of sp³-hybridized carbons (Fsp3) is 0.250. The predicted molar refractivity (Wildman–Crippen MR) is 119 cm³/mol. The summed E-state index contributed by atoms with van der Waals surface area (Å²) in [6.45, 7) is 2.98. The number of nitrogens with zero attached hydrogens (tertiary/aromatic N) is 1. The Balaban J connectivity index is 1.60. The zero-order valence-electron chi connectivity index (χ0n) is 17.8. The molecule has 0 atom stereocenters. The van der Waals surface area contributed by atoms with Gasteiger partial charge in [-0.15, -0.1) is 0 Å². The molecule has 8 nitrogen and oxygen atoms in total. The molecule has 164 valence electrons. The SMILES string of the molecule is CC(C)NC(=O)NC(=O)COC(=O)c1c2c(nc3ccccc13)C(=Cc1ccco1)CC2. The van der Waals surface area contributed by atoms with Gasteiger partial charge in [-0.3, -0.25) is 10.1 Å². The van der Waals surface area contributed by atoms with E-state index in [0.717, 1.165) is 16.8 Å². The molecule has 0 spiro atoms. The second-order valence-electron chi connectivity index (χ2n) is 7.77. The van der Waals surface area contributed by atoms with Gasteiger partial charge in [0.05, 0.1) is 23.0 Å². The quantitative estimate of drug-likeness (QED) is 0.594. The molecule has 0 bridgehead atoms. The van der Waals surface area contributed by atoms with Crippen molar-refractivity contribution in [3.63, 3.8) is 0 Å². The topological polar surface area (TPSA) is 111 Å². The number of urea groups is 1. The lowest BCUT2D eigenvalue weighted by atomic mass is 10.0. The van der Waals surface area contributed by atoms with Gasteiger partial charge in [-0.1, -0.05) is 18.2 Å². The number of ether oxygens (including phenoxy) is 1. The summed E-state index contributed by atoms with van der Waals surface area (Å²) in [4.78, 5) is 41.5. The third-order valence-electron chi connectivity index (χ3n) is 5.01. The lowest BCUT2D eigenvalue weighted by Crippen LogP contribution is -2.44. The van der Waals surface area contributed by atoms with Gasteiger partial charge >= 0.3 is 12.0 Å². The number of carbonyl (C=O) groups excluding carboxylic acids is 3. The van der Waals surface area contributed by atoms with Gasteiger partial charge in [-0.05, 0) is 62.1 Å². The van der Waals surface area contributed by atoms with Crippen LogP contribution in [0.2, 0.25) is 0 Å². The van der Waals surface area contributed by atoms with Crippen LogP contribution in [0.1, 0.15) is 47.6 Å². The zero-order valence-corrected chi connectivity index (χ0v) is 17.8. The van der Waals surface area contributed by atoms with E-state index >= 15 is 0 Å². The summed E-state index contributed by atoms with van der Waals surface area (Å²) < 4.78 is 10.7. The molecule has 1 aliphatic rings. The number of carbonyl (C=O) groups is 3. The number of aromatic nitrogens is 1. The minimum Gasteiger partial charge on any atom is -0.465 e. The molecule has 0 unspecified atom stereocenters. The number of nitrogens with one attached hydrogen (secondary N) is 2. The molecule has 0 saturated heterocycles. The highest BCUT2D eigenvalue weighted by atomic mass is 16.5. The summed E-state index contributed by atoms with van der Waals surface area (Å²) in [7, 11) is 0. The number of esters is 1. The predicted octanol–water partition coefficient (Wildman–Crippen LogP) is 3.71. The van der Waals surface area contributed by atoms with Gasteiger partial charge in [0.2, 0.25) is 0 Å². The van der Waals surface area contributed by atoms with Crippen LogP contribution in [0.25, 0.3) is 22.6 Å². The van der Waals surface area contributed by atoms with Crippen molar-refractivity contribution < 1.29 is 23.5 Å². The third-order valence-corrected chi connectivity index (χ3v) is 5.01. The van der Waals surface area contributed by atoms with E-state index in [0.29, 0.717) is 35.1 Å². The van der Waals surface area contributed by atoms with Crippen LogP contribution in [0.3, 0.4) is 0 Å². The smallest absolute Gasteiger partial charge is 0.339 e. The van der Waals surface area contributed by atoms with E-state index in [-0.39, 0.29) is 6.04 Å². The average Bonchev–Trinajstić information content (AvgIpc) is 3.40. The monoisotopic (exact) mass is 433 g/mol.